The summed E-state index contributed by atoms with van der Waals surface area (Å²) in [4.78, 5) is 3.78. The minimum Gasteiger partial charge on any atom is -0.247 e. The van der Waals surface area contributed by atoms with Crippen LogP contribution in [0, 0.1) is 0 Å². The molecule has 1 aromatic heterocycles. The summed E-state index contributed by atoms with van der Waals surface area (Å²) in [5, 5.41) is 0. The summed E-state index contributed by atoms with van der Waals surface area (Å²) in [5.41, 5.74) is 0. The standard InChI is InChI=1S/C49H96N2/c1-5-8-11-14-17-20-23-24-25-26-29-30-33-36-39-42-47(4)51-46-45-50-49(51)48(43-40-37-34-31-27-21-18-15-12-9-6-2)44-41-38-35-32-28-22-19-16-13-10-7-3/h45-48H,5-44H2,1-4H3/p+1. The maximum Gasteiger partial charge on any atom is 0.257 e. The molecule has 1 unspecified atom stereocenters. The van der Waals surface area contributed by atoms with Crippen molar-refractivity contribution in [2.45, 2.75) is 296 Å². The molecule has 0 aromatic carbocycles. The fraction of sp³-hybridized carbons (Fsp3) is 0.939. The van der Waals surface area contributed by atoms with E-state index in [4.69, 9.17) is 0 Å². The Bertz CT molecular complexity index is 757. The molecule has 0 aliphatic carbocycles. The van der Waals surface area contributed by atoms with Crippen molar-refractivity contribution in [2.24, 2.45) is 0 Å². The largest absolute Gasteiger partial charge is 0.257 e. The second kappa shape index (κ2) is 38.9. The molecule has 0 fully saturated rings. The van der Waals surface area contributed by atoms with E-state index in [-0.39, 0.29) is 0 Å². The van der Waals surface area contributed by atoms with Gasteiger partial charge in [0.2, 0.25) is 0 Å². The topological polar surface area (TPSA) is 19.7 Å². The Morgan fingerprint density at radius 1 is 0.373 bits per heavy atom. The van der Waals surface area contributed by atoms with E-state index in [0.29, 0.717) is 12.0 Å². The van der Waals surface area contributed by atoms with E-state index < -0.39 is 0 Å². The van der Waals surface area contributed by atoms with Gasteiger partial charge in [-0.25, -0.2) is 9.55 Å². The molecule has 1 heterocycles. The number of hydrogen-bond donors (Lipinski definition) is 1. The van der Waals surface area contributed by atoms with Gasteiger partial charge in [0.05, 0.1) is 12.0 Å². The summed E-state index contributed by atoms with van der Waals surface area (Å²) in [7, 11) is 0. The summed E-state index contributed by atoms with van der Waals surface area (Å²) in [5.74, 6) is 2.25. The monoisotopic (exact) mass is 714 g/mol. The van der Waals surface area contributed by atoms with Crippen LogP contribution in [0.2, 0.25) is 0 Å². The third kappa shape index (κ3) is 30.3. The van der Waals surface area contributed by atoms with Gasteiger partial charge in [0.25, 0.3) is 5.82 Å². The Balaban J connectivity index is 2.35. The molecule has 1 aromatic rings. The number of imidazole rings is 1. The molecular weight excluding hydrogens is 617 g/mol. The molecule has 0 aliphatic rings. The van der Waals surface area contributed by atoms with Crippen LogP contribution in [-0.4, -0.2) is 4.98 Å². The van der Waals surface area contributed by atoms with E-state index in [9.17, 15) is 0 Å². The van der Waals surface area contributed by atoms with E-state index in [1.165, 1.54) is 257 Å². The van der Waals surface area contributed by atoms with Crippen molar-refractivity contribution >= 4 is 0 Å². The molecule has 0 aliphatic heterocycles. The lowest BCUT2D eigenvalue weighted by molar-refractivity contribution is -0.727. The first kappa shape index (κ1) is 48.2. The van der Waals surface area contributed by atoms with Gasteiger partial charge in [-0.3, -0.25) is 0 Å². The molecule has 0 saturated carbocycles. The van der Waals surface area contributed by atoms with Crippen molar-refractivity contribution in [1.82, 2.24) is 4.98 Å². The van der Waals surface area contributed by atoms with E-state index in [2.05, 4.69) is 49.6 Å². The van der Waals surface area contributed by atoms with Gasteiger partial charge in [-0.15, -0.1) is 0 Å². The first-order valence-electron chi connectivity index (χ1n) is 24.3. The Labute approximate surface area is 323 Å². The van der Waals surface area contributed by atoms with Gasteiger partial charge in [-0.2, -0.15) is 0 Å². The third-order valence-corrected chi connectivity index (χ3v) is 12.1. The fourth-order valence-electron chi connectivity index (χ4n) is 8.55. The smallest absolute Gasteiger partial charge is 0.247 e. The molecule has 0 bridgehead atoms. The summed E-state index contributed by atoms with van der Waals surface area (Å²) in [6.07, 6.45) is 62.1. The van der Waals surface area contributed by atoms with E-state index in [1.807, 2.05) is 0 Å². The first-order chi connectivity index (χ1) is 25.2. The molecule has 2 heteroatoms. The van der Waals surface area contributed by atoms with Crippen molar-refractivity contribution in [1.29, 1.82) is 0 Å². The van der Waals surface area contributed by atoms with Crippen molar-refractivity contribution in [3.8, 4) is 0 Å². The zero-order valence-electron chi connectivity index (χ0n) is 36.0. The number of unbranched alkanes of at least 4 members (excludes halogenated alkanes) is 34. The highest BCUT2D eigenvalue weighted by Crippen LogP contribution is 2.28. The van der Waals surface area contributed by atoms with Crippen LogP contribution in [0.3, 0.4) is 0 Å². The average Bonchev–Trinajstić information content (AvgIpc) is 3.63. The predicted octanol–water partition coefficient (Wildman–Crippen LogP) is 17.6. The highest BCUT2D eigenvalue weighted by Gasteiger charge is 2.25. The van der Waals surface area contributed by atoms with Gasteiger partial charge < -0.3 is 0 Å². The van der Waals surface area contributed by atoms with Crippen molar-refractivity contribution < 1.29 is 4.57 Å². The summed E-state index contributed by atoms with van der Waals surface area (Å²) < 4.78 is 2.66. The van der Waals surface area contributed by atoms with E-state index in [0.717, 1.165) is 0 Å². The van der Waals surface area contributed by atoms with Crippen molar-refractivity contribution in [3.05, 3.63) is 18.2 Å². The number of nitrogens with one attached hydrogen (secondary N) is 1. The highest BCUT2D eigenvalue weighted by atomic mass is 15.1. The SMILES string of the molecule is CCCCCCCCCCCCCCCCCC(C)[n+]1cc[nH]c1C(CCCCCCCCCCCCC)CCCCCCCCCCCCC. The van der Waals surface area contributed by atoms with Gasteiger partial charge in [-0.1, -0.05) is 252 Å². The number of aromatic nitrogens is 2. The summed E-state index contributed by atoms with van der Waals surface area (Å²) >= 11 is 0. The number of H-pyrrole nitrogens is 1. The van der Waals surface area contributed by atoms with Gasteiger partial charge in [0.1, 0.15) is 12.4 Å². The van der Waals surface area contributed by atoms with Crippen molar-refractivity contribution in [3.63, 3.8) is 0 Å². The van der Waals surface area contributed by atoms with Crippen LogP contribution in [0.25, 0.3) is 0 Å². The van der Waals surface area contributed by atoms with Crippen LogP contribution < -0.4 is 4.57 Å². The van der Waals surface area contributed by atoms with Crippen LogP contribution in [0.1, 0.15) is 302 Å². The van der Waals surface area contributed by atoms with Gasteiger partial charge in [0.15, 0.2) is 0 Å². The minimum absolute atomic E-state index is 0.616. The molecule has 1 N–H and O–H groups in total. The normalized spacial score (nSPS) is 12.4. The third-order valence-electron chi connectivity index (χ3n) is 12.1. The van der Waals surface area contributed by atoms with Gasteiger partial charge >= 0.3 is 0 Å². The summed E-state index contributed by atoms with van der Waals surface area (Å²) in [6.45, 7) is 9.44. The molecule has 1 rings (SSSR count). The quantitative estimate of drug-likeness (QED) is 0.0514. The minimum atomic E-state index is 0.616. The lowest BCUT2D eigenvalue weighted by atomic mass is 9.92. The molecular formula is C49H97N2+. The zero-order valence-corrected chi connectivity index (χ0v) is 36.0. The average molecular weight is 714 g/mol. The van der Waals surface area contributed by atoms with E-state index >= 15 is 0 Å². The molecule has 302 valence electrons. The Hall–Kier alpha value is -0.790. The van der Waals surface area contributed by atoms with Crippen LogP contribution in [0.5, 0.6) is 0 Å². The molecule has 0 amide bonds. The maximum atomic E-state index is 3.78. The second-order valence-corrected chi connectivity index (χ2v) is 17.2. The molecule has 0 spiro atoms. The lowest BCUT2D eigenvalue weighted by Gasteiger charge is -2.17. The Morgan fingerprint density at radius 3 is 0.922 bits per heavy atom. The Kier molecular flexibility index (Phi) is 36.8. The number of aromatic amines is 1. The van der Waals surface area contributed by atoms with Gasteiger partial charge in [-0.05, 0) is 32.6 Å². The molecule has 0 saturated heterocycles. The van der Waals surface area contributed by atoms with E-state index in [1.54, 1.807) is 5.82 Å². The lowest BCUT2D eigenvalue weighted by Crippen LogP contribution is -2.41. The van der Waals surface area contributed by atoms with Gasteiger partial charge in [0, 0.05) is 0 Å². The van der Waals surface area contributed by atoms with Crippen LogP contribution in [0.4, 0.5) is 0 Å². The van der Waals surface area contributed by atoms with Crippen LogP contribution >= 0.6 is 0 Å². The molecule has 0 radical (unpaired) electrons. The van der Waals surface area contributed by atoms with Crippen molar-refractivity contribution in [2.75, 3.05) is 0 Å². The van der Waals surface area contributed by atoms with Crippen LogP contribution in [-0.2, 0) is 0 Å². The zero-order chi connectivity index (χ0) is 36.7. The first-order valence-corrected chi connectivity index (χ1v) is 24.3. The number of rotatable bonds is 42. The molecule has 51 heavy (non-hydrogen) atoms. The predicted molar refractivity (Wildman–Crippen MR) is 230 cm³/mol. The molecule has 1 atom stereocenters. The Morgan fingerprint density at radius 2 is 0.627 bits per heavy atom. The molecule has 2 nitrogen and oxygen atoms in total. The summed E-state index contributed by atoms with van der Waals surface area (Å²) in [6, 6.07) is 0.616. The second-order valence-electron chi connectivity index (χ2n) is 17.2. The highest BCUT2D eigenvalue weighted by molar-refractivity contribution is 4.90. The fourth-order valence-corrected chi connectivity index (χ4v) is 8.55. The van der Waals surface area contributed by atoms with Crippen LogP contribution in [0.15, 0.2) is 12.4 Å². The number of hydrogen-bond acceptors (Lipinski definition) is 0. The maximum absolute atomic E-state index is 3.78. The number of nitrogens with zero attached hydrogens (tertiary/aromatic N) is 1.